The van der Waals surface area contributed by atoms with E-state index in [1.807, 2.05) is 13.8 Å². The Hall–Kier alpha value is -1.95. The van der Waals surface area contributed by atoms with Crippen LogP contribution in [0, 0.1) is 19.7 Å². The van der Waals surface area contributed by atoms with E-state index in [-0.39, 0.29) is 11.3 Å². The molecule has 6 heteroatoms. The third kappa shape index (κ3) is 3.08. The molecule has 0 fully saturated rings. The van der Waals surface area contributed by atoms with E-state index in [1.54, 1.807) is 11.3 Å². The SMILES string of the molecule is Cc1nc(C)c(CNc2cc(C(N)=O)ccc2F)s1. The molecule has 0 saturated carbocycles. The average molecular weight is 279 g/mol. The van der Waals surface area contributed by atoms with Gasteiger partial charge in [0.2, 0.25) is 5.91 Å². The number of benzene rings is 1. The lowest BCUT2D eigenvalue weighted by Crippen LogP contribution is -2.12. The number of aromatic nitrogens is 1. The van der Waals surface area contributed by atoms with Crippen molar-refractivity contribution in [1.29, 1.82) is 0 Å². The molecule has 4 nitrogen and oxygen atoms in total. The van der Waals surface area contributed by atoms with Crippen molar-refractivity contribution in [3.05, 3.63) is 45.2 Å². The van der Waals surface area contributed by atoms with Crippen LogP contribution in [0.4, 0.5) is 10.1 Å². The summed E-state index contributed by atoms with van der Waals surface area (Å²) in [5, 5.41) is 3.94. The average Bonchev–Trinajstić information content (AvgIpc) is 2.66. The maximum absolute atomic E-state index is 13.6. The molecule has 19 heavy (non-hydrogen) atoms. The van der Waals surface area contributed by atoms with Crippen LogP contribution >= 0.6 is 11.3 Å². The van der Waals surface area contributed by atoms with Crippen molar-refractivity contribution in [2.45, 2.75) is 20.4 Å². The molecule has 1 amide bonds. The van der Waals surface area contributed by atoms with Gasteiger partial charge in [-0.05, 0) is 32.0 Å². The molecule has 0 saturated heterocycles. The standard InChI is InChI=1S/C13H14FN3OS/c1-7-12(19-8(2)17-7)6-16-11-5-9(13(15)18)3-4-10(11)14/h3-5,16H,6H2,1-2H3,(H2,15,18). The molecule has 0 aliphatic rings. The Morgan fingerprint density at radius 1 is 1.47 bits per heavy atom. The molecule has 0 atom stereocenters. The summed E-state index contributed by atoms with van der Waals surface area (Å²) >= 11 is 1.56. The summed E-state index contributed by atoms with van der Waals surface area (Å²) in [6.07, 6.45) is 0. The highest BCUT2D eigenvalue weighted by molar-refractivity contribution is 7.11. The lowest BCUT2D eigenvalue weighted by Gasteiger charge is -2.08. The number of hydrogen-bond donors (Lipinski definition) is 2. The Kier molecular flexibility index (Phi) is 3.80. The van der Waals surface area contributed by atoms with Gasteiger partial charge >= 0.3 is 0 Å². The van der Waals surface area contributed by atoms with Crippen molar-refractivity contribution in [2.75, 3.05) is 5.32 Å². The van der Waals surface area contributed by atoms with E-state index in [2.05, 4.69) is 10.3 Å². The van der Waals surface area contributed by atoms with Gasteiger partial charge in [0, 0.05) is 10.4 Å². The molecule has 3 N–H and O–H groups in total. The molecule has 0 bridgehead atoms. The predicted molar refractivity (Wildman–Crippen MR) is 73.8 cm³/mol. The summed E-state index contributed by atoms with van der Waals surface area (Å²) < 4.78 is 13.6. The number of aryl methyl sites for hydroxylation is 2. The van der Waals surface area contributed by atoms with Crippen LogP contribution in [-0.2, 0) is 6.54 Å². The summed E-state index contributed by atoms with van der Waals surface area (Å²) in [6.45, 7) is 4.31. The van der Waals surface area contributed by atoms with Gasteiger partial charge in [-0.2, -0.15) is 0 Å². The smallest absolute Gasteiger partial charge is 0.248 e. The van der Waals surface area contributed by atoms with Crippen LogP contribution in [0.15, 0.2) is 18.2 Å². The molecular weight excluding hydrogens is 265 g/mol. The minimum atomic E-state index is -0.576. The molecular formula is C13H14FN3OS. The molecule has 0 spiro atoms. The van der Waals surface area contributed by atoms with Crippen LogP contribution in [-0.4, -0.2) is 10.9 Å². The van der Waals surface area contributed by atoms with Crippen molar-refractivity contribution >= 4 is 22.9 Å². The summed E-state index contributed by atoms with van der Waals surface area (Å²) in [5.41, 5.74) is 6.65. The van der Waals surface area contributed by atoms with E-state index < -0.39 is 11.7 Å². The van der Waals surface area contributed by atoms with Gasteiger partial charge in [-0.3, -0.25) is 4.79 Å². The number of hydrogen-bond acceptors (Lipinski definition) is 4. The highest BCUT2D eigenvalue weighted by atomic mass is 32.1. The molecule has 0 aliphatic carbocycles. The number of anilines is 1. The first-order valence-corrected chi connectivity index (χ1v) is 6.55. The second-order valence-corrected chi connectivity index (χ2v) is 5.44. The molecule has 0 aliphatic heterocycles. The largest absolute Gasteiger partial charge is 0.378 e. The molecule has 2 rings (SSSR count). The first-order chi connectivity index (χ1) is 8.97. The highest BCUT2D eigenvalue weighted by Crippen LogP contribution is 2.21. The lowest BCUT2D eigenvalue weighted by molar-refractivity contribution is 0.100. The summed E-state index contributed by atoms with van der Waals surface area (Å²) in [5.74, 6) is -0.989. The minimum Gasteiger partial charge on any atom is -0.378 e. The van der Waals surface area contributed by atoms with Crippen LogP contribution in [0.3, 0.4) is 0 Å². The van der Waals surface area contributed by atoms with Crippen LogP contribution in [0.2, 0.25) is 0 Å². The highest BCUT2D eigenvalue weighted by Gasteiger charge is 2.09. The van der Waals surface area contributed by atoms with Gasteiger partial charge in [0.25, 0.3) is 0 Å². The Bertz CT molecular complexity index is 624. The third-order valence-electron chi connectivity index (χ3n) is 2.69. The number of primary amides is 1. The summed E-state index contributed by atoms with van der Waals surface area (Å²) in [4.78, 5) is 16.4. The molecule has 1 aromatic heterocycles. The van der Waals surface area contributed by atoms with E-state index >= 15 is 0 Å². The minimum absolute atomic E-state index is 0.266. The number of amides is 1. The van der Waals surface area contributed by atoms with Crippen molar-refractivity contribution in [1.82, 2.24) is 4.98 Å². The fourth-order valence-electron chi connectivity index (χ4n) is 1.73. The second kappa shape index (κ2) is 5.36. The maximum Gasteiger partial charge on any atom is 0.248 e. The van der Waals surface area contributed by atoms with Gasteiger partial charge in [-0.25, -0.2) is 9.37 Å². The molecule has 1 aromatic carbocycles. The van der Waals surface area contributed by atoms with Crippen LogP contribution in [0.25, 0.3) is 0 Å². The van der Waals surface area contributed by atoms with Crippen LogP contribution in [0.5, 0.6) is 0 Å². The van der Waals surface area contributed by atoms with Crippen LogP contribution in [0.1, 0.15) is 25.9 Å². The monoisotopic (exact) mass is 279 g/mol. The number of rotatable bonds is 4. The molecule has 0 unspecified atom stereocenters. The Morgan fingerprint density at radius 3 is 2.79 bits per heavy atom. The zero-order valence-corrected chi connectivity index (χ0v) is 11.5. The van der Waals surface area contributed by atoms with E-state index in [1.165, 1.54) is 18.2 Å². The maximum atomic E-state index is 13.6. The van der Waals surface area contributed by atoms with Crippen LogP contribution < -0.4 is 11.1 Å². The van der Waals surface area contributed by atoms with Gasteiger partial charge in [0.05, 0.1) is 22.9 Å². The van der Waals surface area contributed by atoms with Gasteiger partial charge in [-0.15, -0.1) is 11.3 Å². The number of carbonyl (C=O) groups excluding carboxylic acids is 1. The van der Waals surface area contributed by atoms with Crippen molar-refractivity contribution in [2.24, 2.45) is 5.73 Å². The van der Waals surface area contributed by atoms with Crippen molar-refractivity contribution in [3.63, 3.8) is 0 Å². The molecule has 1 heterocycles. The molecule has 2 aromatic rings. The molecule has 100 valence electrons. The zero-order valence-electron chi connectivity index (χ0n) is 10.7. The van der Waals surface area contributed by atoms with E-state index in [4.69, 9.17) is 5.73 Å². The lowest BCUT2D eigenvalue weighted by atomic mass is 10.2. The molecule has 0 radical (unpaired) electrons. The number of nitrogens with zero attached hydrogens (tertiary/aromatic N) is 1. The van der Waals surface area contributed by atoms with Gasteiger partial charge in [-0.1, -0.05) is 0 Å². The Labute approximate surface area is 114 Å². The predicted octanol–water partition coefficient (Wildman–Crippen LogP) is 2.61. The van der Waals surface area contributed by atoms with E-state index in [0.29, 0.717) is 6.54 Å². The zero-order chi connectivity index (χ0) is 14.0. The van der Waals surface area contributed by atoms with Gasteiger partial charge in [0.1, 0.15) is 5.82 Å². The van der Waals surface area contributed by atoms with E-state index in [9.17, 15) is 9.18 Å². The second-order valence-electron chi connectivity index (χ2n) is 4.15. The number of halogens is 1. The Balaban J connectivity index is 2.17. The first-order valence-electron chi connectivity index (χ1n) is 5.73. The summed E-state index contributed by atoms with van der Waals surface area (Å²) in [6, 6.07) is 4.01. The quantitative estimate of drug-likeness (QED) is 0.904. The topological polar surface area (TPSA) is 68.0 Å². The van der Waals surface area contributed by atoms with Gasteiger partial charge < -0.3 is 11.1 Å². The fourth-order valence-corrected chi connectivity index (χ4v) is 2.60. The number of thiazole rings is 1. The number of carbonyl (C=O) groups is 1. The third-order valence-corrected chi connectivity index (χ3v) is 3.76. The normalized spacial score (nSPS) is 10.5. The summed E-state index contributed by atoms with van der Waals surface area (Å²) in [7, 11) is 0. The van der Waals surface area contributed by atoms with E-state index in [0.717, 1.165) is 15.6 Å². The number of nitrogens with two attached hydrogens (primary N) is 1. The van der Waals surface area contributed by atoms with Gasteiger partial charge in [0.15, 0.2) is 0 Å². The number of nitrogens with one attached hydrogen (secondary N) is 1. The fraction of sp³-hybridized carbons (Fsp3) is 0.231. The Morgan fingerprint density at radius 2 is 2.21 bits per heavy atom. The van der Waals surface area contributed by atoms with Crippen molar-refractivity contribution < 1.29 is 9.18 Å². The van der Waals surface area contributed by atoms with Crippen molar-refractivity contribution in [3.8, 4) is 0 Å². The first kappa shape index (κ1) is 13.5.